The molecule has 0 atom stereocenters. The zero-order valence-electron chi connectivity index (χ0n) is 11.0. The van der Waals surface area contributed by atoms with Crippen molar-refractivity contribution in [2.45, 2.75) is 59.0 Å². The summed E-state index contributed by atoms with van der Waals surface area (Å²) in [6, 6.07) is 6.34. The summed E-state index contributed by atoms with van der Waals surface area (Å²) >= 11 is 0. The first-order valence-electron chi connectivity index (χ1n) is 6.46. The molecule has 0 heterocycles. The summed E-state index contributed by atoms with van der Waals surface area (Å²) in [4.78, 5) is 0. The lowest BCUT2D eigenvalue weighted by Crippen LogP contribution is -2.25. The Hall–Kier alpha value is -0.820. The number of benzene rings is 1. The van der Waals surface area contributed by atoms with Crippen LogP contribution in [0.25, 0.3) is 0 Å². The van der Waals surface area contributed by atoms with Crippen LogP contribution >= 0.6 is 0 Å². The molecule has 0 radical (unpaired) electrons. The maximum absolute atomic E-state index is 10.6. The lowest BCUT2D eigenvalue weighted by atomic mass is 9.82. The third-order valence-corrected chi connectivity index (χ3v) is 3.68. The van der Waals surface area contributed by atoms with Crippen LogP contribution in [0, 0.1) is 0 Å². The summed E-state index contributed by atoms with van der Waals surface area (Å²) in [6.07, 6.45) is 3.61. The second-order valence-corrected chi connectivity index (χ2v) is 4.39. The van der Waals surface area contributed by atoms with E-state index in [1.54, 1.807) is 0 Å². The summed E-state index contributed by atoms with van der Waals surface area (Å²) in [5, 5.41) is 10.6. The highest BCUT2D eigenvalue weighted by Crippen LogP contribution is 2.32. The number of hydrogen-bond donors (Lipinski definition) is 1. The van der Waals surface area contributed by atoms with Gasteiger partial charge in [-0.2, -0.15) is 0 Å². The van der Waals surface area contributed by atoms with Crippen molar-refractivity contribution in [1.29, 1.82) is 0 Å². The van der Waals surface area contributed by atoms with Crippen molar-refractivity contribution in [2.24, 2.45) is 0 Å². The fourth-order valence-electron chi connectivity index (χ4n) is 2.45. The van der Waals surface area contributed by atoms with E-state index in [2.05, 4.69) is 45.9 Å². The van der Waals surface area contributed by atoms with Crippen LogP contribution < -0.4 is 0 Å². The minimum absolute atomic E-state index is 0.642. The van der Waals surface area contributed by atoms with E-state index < -0.39 is 5.60 Å². The molecule has 1 N–H and O–H groups in total. The van der Waals surface area contributed by atoms with Crippen molar-refractivity contribution in [3.63, 3.8) is 0 Å². The highest BCUT2D eigenvalue weighted by molar-refractivity contribution is 5.39. The Morgan fingerprint density at radius 3 is 2.06 bits per heavy atom. The van der Waals surface area contributed by atoms with Crippen LogP contribution in [-0.4, -0.2) is 5.11 Å². The Kier molecular flexibility index (Phi) is 4.55. The molecule has 0 amide bonds. The summed E-state index contributed by atoms with van der Waals surface area (Å²) in [5.41, 5.74) is 3.21. The van der Waals surface area contributed by atoms with Gasteiger partial charge in [0.25, 0.3) is 0 Å². The van der Waals surface area contributed by atoms with Crippen LogP contribution in [0.4, 0.5) is 0 Å². The van der Waals surface area contributed by atoms with Crippen molar-refractivity contribution in [1.82, 2.24) is 0 Å². The Morgan fingerprint density at radius 2 is 1.62 bits per heavy atom. The smallest absolute Gasteiger partial charge is 0.0894 e. The monoisotopic (exact) mass is 220 g/mol. The van der Waals surface area contributed by atoms with Crippen LogP contribution in [0.3, 0.4) is 0 Å². The molecule has 16 heavy (non-hydrogen) atoms. The summed E-state index contributed by atoms with van der Waals surface area (Å²) in [7, 11) is 0. The molecular formula is C15H24O. The number of aliphatic hydroxyl groups is 1. The zero-order chi connectivity index (χ0) is 12.2. The van der Waals surface area contributed by atoms with Gasteiger partial charge in [-0.1, -0.05) is 45.9 Å². The molecule has 1 rings (SSSR count). The van der Waals surface area contributed by atoms with E-state index in [1.165, 1.54) is 11.1 Å². The third-order valence-electron chi connectivity index (χ3n) is 3.68. The molecule has 0 aliphatic carbocycles. The molecule has 0 aliphatic heterocycles. The van der Waals surface area contributed by atoms with Crippen molar-refractivity contribution in [3.8, 4) is 0 Å². The SMILES string of the molecule is CCc1cccc(C(O)(CC)CC)c1CC. The van der Waals surface area contributed by atoms with Crippen molar-refractivity contribution in [2.75, 3.05) is 0 Å². The Labute approximate surface area is 99.5 Å². The molecule has 0 saturated carbocycles. The Bertz CT molecular complexity index is 337. The van der Waals surface area contributed by atoms with Crippen LogP contribution in [0.2, 0.25) is 0 Å². The van der Waals surface area contributed by atoms with Gasteiger partial charge in [-0.25, -0.2) is 0 Å². The summed E-state index contributed by atoms with van der Waals surface area (Å²) in [6.45, 7) is 8.46. The number of rotatable bonds is 5. The van der Waals surface area contributed by atoms with E-state index in [0.29, 0.717) is 0 Å². The van der Waals surface area contributed by atoms with Gasteiger partial charge in [0.15, 0.2) is 0 Å². The average Bonchev–Trinajstić information content (AvgIpc) is 2.36. The normalized spacial score (nSPS) is 11.8. The van der Waals surface area contributed by atoms with Gasteiger partial charge in [-0.3, -0.25) is 0 Å². The largest absolute Gasteiger partial charge is 0.385 e. The molecule has 0 fully saturated rings. The topological polar surface area (TPSA) is 20.2 Å². The zero-order valence-corrected chi connectivity index (χ0v) is 11.0. The first-order valence-corrected chi connectivity index (χ1v) is 6.46. The van der Waals surface area contributed by atoms with Gasteiger partial charge in [0, 0.05) is 0 Å². The molecule has 1 aromatic rings. The molecule has 0 spiro atoms. The summed E-state index contributed by atoms with van der Waals surface area (Å²) in [5.74, 6) is 0. The van der Waals surface area contributed by atoms with Crippen LogP contribution in [0.5, 0.6) is 0 Å². The number of aryl methyl sites for hydroxylation is 1. The Morgan fingerprint density at radius 1 is 1.00 bits per heavy atom. The molecule has 90 valence electrons. The molecule has 0 saturated heterocycles. The fourth-order valence-corrected chi connectivity index (χ4v) is 2.45. The first kappa shape index (κ1) is 13.2. The molecule has 1 nitrogen and oxygen atoms in total. The minimum atomic E-state index is -0.642. The van der Waals surface area contributed by atoms with Crippen LogP contribution in [0.1, 0.15) is 57.2 Å². The van der Waals surface area contributed by atoms with Gasteiger partial charge in [0.2, 0.25) is 0 Å². The minimum Gasteiger partial charge on any atom is -0.385 e. The van der Waals surface area contributed by atoms with Gasteiger partial charge in [-0.05, 0) is 42.4 Å². The molecular weight excluding hydrogens is 196 g/mol. The van der Waals surface area contributed by atoms with E-state index in [1.807, 2.05) is 0 Å². The van der Waals surface area contributed by atoms with Crippen molar-refractivity contribution in [3.05, 3.63) is 34.9 Å². The molecule has 0 bridgehead atoms. The van der Waals surface area contributed by atoms with E-state index >= 15 is 0 Å². The number of hydrogen-bond acceptors (Lipinski definition) is 1. The summed E-state index contributed by atoms with van der Waals surface area (Å²) < 4.78 is 0. The highest BCUT2D eigenvalue weighted by Gasteiger charge is 2.27. The lowest BCUT2D eigenvalue weighted by Gasteiger charge is -2.29. The Balaban J connectivity index is 3.32. The van der Waals surface area contributed by atoms with E-state index in [9.17, 15) is 5.11 Å². The standard InChI is InChI=1S/C15H24O/c1-5-12-10-9-11-14(13(12)6-2)15(16,7-3)8-4/h9-11,16H,5-8H2,1-4H3. The van der Waals surface area contributed by atoms with E-state index in [-0.39, 0.29) is 0 Å². The fraction of sp³-hybridized carbons (Fsp3) is 0.600. The highest BCUT2D eigenvalue weighted by atomic mass is 16.3. The predicted molar refractivity (Wildman–Crippen MR) is 69.7 cm³/mol. The quantitative estimate of drug-likeness (QED) is 0.800. The van der Waals surface area contributed by atoms with Gasteiger partial charge in [0.1, 0.15) is 0 Å². The molecule has 0 aromatic heterocycles. The predicted octanol–water partition coefficient (Wildman–Crippen LogP) is 3.82. The molecule has 0 aliphatic rings. The maximum Gasteiger partial charge on any atom is 0.0894 e. The average molecular weight is 220 g/mol. The van der Waals surface area contributed by atoms with E-state index in [4.69, 9.17) is 0 Å². The van der Waals surface area contributed by atoms with Gasteiger partial charge in [0.05, 0.1) is 5.60 Å². The van der Waals surface area contributed by atoms with Gasteiger partial charge in [-0.15, -0.1) is 0 Å². The van der Waals surface area contributed by atoms with Crippen LogP contribution in [0.15, 0.2) is 18.2 Å². The first-order chi connectivity index (χ1) is 7.62. The third kappa shape index (κ3) is 2.30. The maximum atomic E-state index is 10.6. The van der Waals surface area contributed by atoms with E-state index in [0.717, 1.165) is 31.2 Å². The van der Waals surface area contributed by atoms with Crippen LogP contribution in [-0.2, 0) is 18.4 Å². The van der Waals surface area contributed by atoms with Gasteiger partial charge < -0.3 is 5.11 Å². The molecule has 1 aromatic carbocycles. The lowest BCUT2D eigenvalue weighted by molar-refractivity contribution is 0.0275. The van der Waals surface area contributed by atoms with Crippen molar-refractivity contribution >= 4 is 0 Å². The molecule has 1 heteroatoms. The second-order valence-electron chi connectivity index (χ2n) is 4.39. The van der Waals surface area contributed by atoms with Crippen molar-refractivity contribution < 1.29 is 5.11 Å². The van der Waals surface area contributed by atoms with Gasteiger partial charge >= 0.3 is 0 Å². The second kappa shape index (κ2) is 5.49. The molecule has 0 unspecified atom stereocenters.